The molecule has 0 fully saturated rings. The zero-order valence-electron chi connectivity index (χ0n) is 15.8. The van der Waals surface area contributed by atoms with Crippen molar-refractivity contribution in [3.8, 4) is 0 Å². The molecule has 0 aliphatic heterocycles. The number of allylic oxidation sites excluding steroid dienone is 8. The van der Waals surface area contributed by atoms with Crippen LogP contribution in [0.3, 0.4) is 0 Å². The van der Waals surface area contributed by atoms with E-state index in [2.05, 4.69) is 24.3 Å². The monoisotopic (exact) mass is 362 g/mol. The quantitative estimate of drug-likeness (QED) is 0.369. The molecule has 4 heteroatoms. The van der Waals surface area contributed by atoms with Crippen LogP contribution in [0.15, 0.2) is 60.8 Å². The molecule has 0 saturated carbocycles. The number of aliphatic hydroxyl groups is 2. The molecular weight excluding hydrogens is 328 g/mol. The van der Waals surface area contributed by atoms with Gasteiger partial charge in [0.05, 0.1) is 12.2 Å². The van der Waals surface area contributed by atoms with E-state index in [-0.39, 0.29) is 6.42 Å². The molecule has 0 aliphatic carbocycles. The van der Waals surface area contributed by atoms with Gasteiger partial charge in [-0.1, -0.05) is 67.7 Å². The number of carboxylic acids is 1. The molecule has 0 amide bonds. The molecule has 26 heavy (non-hydrogen) atoms. The number of aliphatic hydroxyl groups excluding tert-OH is 2. The highest BCUT2D eigenvalue weighted by molar-refractivity contribution is 5.66. The van der Waals surface area contributed by atoms with E-state index in [0.717, 1.165) is 25.7 Å². The van der Waals surface area contributed by atoms with E-state index in [1.54, 1.807) is 0 Å². The largest absolute Gasteiger partial charge is 0.481 e. The van der Waals surface area contributed by atoms with Crippen LogP contribution in [-0.2, 0) is 4.79 Å². The van der Waals surface area contributed by atoms with Gasteiger partial charge in [0, 0.05) is 6.42 Å². The summed E-state index contributed by atoms with van der Waals surface area (Å²) in [5.41, 5.74) is 0. The van der Waals surface area contributed by atoms with Gasteiger partial charge in [0.2, 0.25) is 0 Å². The summed E-state index contributed by atoms with van der Waals surface area (Å²) in [4.78, 5) is 10.3. The maximum Gasteiger partial charge on any atom is 0.303 e. The third-order valence-corrected chi connectivity index (χ3v) is 3.61. The minimum absolute atomic E-state index is 0.183. The smallest absolute Gasteiger partial charge is 0.303 e. The molecule has 0 rings (SSSR count). The van der Waals surface area contributed by atoms with E-state index in [0.29, 0.717) is 19.3 Å². The zero-order valence-corrected chi connectivity index (χ0v) is 15.8. The lowest BCUT2D eigenvalue weighted by Crippen LogP contribution is -2.24. The van der Waals surface area contributed by atoms with Crippen LogP contribution in [0.2, 0.25) is 0 Å². The molecule has 4 nitrogen and oxygen atoms in total. The molecule has 0 aromatic rings. The first-order valence-corrected chi connectivity index (χ1v) is 9.40. The maximum atomic E-state index is 10.3. The fraction of sp³-hybridized carbons (Fsp3) is 0.500. The van der Waals surface area contributed by atoms with Crippen molar-refractivity contribution in [2.24, 2.45) is 0 Å². The van der Waals surface area contributed by atoms with E-state index >= 15 is 0 Å². The molecule has 146 valence electrons. The molecule has 0 aromatic carbocycles. The Bertz CT molecular complexity index is 486. The standard InChI is InChI=1S/C22H34O4/c1-2-3-14-17-20(23)21(24)18-15-12-10-8-6-4-5-7-9-11-13-16-19-22(25)26/h3,5-8,11-15,20-21,23-24H,2,4,9-10,16-19H2,1H3,(H,25,26)/t20-,21+/m1/s1. The van der Waals surface area contributed by atoms with E-state index in [1.165, 1.54) is 0 Å². The third-order valence-electron chi connectivity index (χ3n) is 3.61. The van der Waals surface area contributed by atoms with Gasteiger partial charge in [-0.3, -0.25) is 4.79 Å². The summed E-state index contributed by atoms with van der Waals surface area (Å²) >= 11 is 0. The Labute approximate surface area is 157 Å². The van der Waals surface area contributed by atoms with Crippen molar-refractivity contribution in [3.05, 3.63) is 60.8 Å². The van der Waals surface area contributed by atoms with Crippen LogP contribution >= 0.6 is 0 Å². The fourth-order valence-corrected chi connectivity index (χ4v) is 2.09. The summed E-state index contributed by atoms with van der Waals surface area (Å²) in [5, 5.41) is 28.1. The SMILES string of the molecule is CCC=CC[C@@H](O)[C@@H](O)CC=CCC=CCC=CCC=CCCC(=O)O. The molecule has 0 spiro atoms. The van der Waals surface area contributed by atoms with E-state index in [1.807, 2.05) is 43.4 Å². The molecule has 0 aromatic heterocycles. The Morgan fingerprint density at radius 2 is 1.15 bits per heavy atom. The molecule has 0 unspecified atom stereocenters. The van der Waals surface area contributed by atoms with Crippen LogP contribution in [-0.4, -0.2) is 33.5 Å². The first-order chi connectivity index (χ1) is 12.6. The van der Waals surface area contributed by atoms with Crippen LogP contribution < -0.4 is 0 Å². The minimum Gasteiger partial charge on any atom is -0.481 e. The lowest BCUT2D eigenvalue weighted by molar-refractivity contribution is -0.136. The van der Waals surface area contributed by atoms with Crippen molar-refractivity contribution in [1.29, 1.82) is 0 Å². The third kappa shape index (κ3) is 16.9. The van der Waals surface area contributed by atoms with Gasteiger partial charge in [-0.25, -0.2) is 0 Å². The summed E-state index contributed by atoms with van der Waals surface area (Å²) in [6.07, 6.45) is 23.6. The van der Waals surface area contributed by atoms with E-state index in [4.69, 9.17) is 5.11 Å². The number of hydrogen-bond acceptors (Lipinski definition) is 3. The number of carbonyl (C=O) groups is 1. The average molecular weight is 363 g/mol. The second-order valence-electron chi connectivity index (χ2n) is 6.01. The Kier molecular flexibility index (Phi) is 16.6. The Hall–Kier alpha value is -1.91. The van der Waals surface area contributed by atoms with Gasteiger partial charge in [0.1, 0.15) is 0 Å². The summed E-state index contributed by atoms with van der Waals surface area (Å²) < 4.78 is 0. The number of hydrogen-bond donors (Lipinski definition) is 3. The van der Waals surface area contributed by atoms with Crippen LogP contribution in [0.5, 0.6) is 0 Å². The summed E-state index contributed by atoms with van der Waals surface area (Å²) in [5.74, 6) is -0.765. The molecular formula is C22H34O4. The minimum atomic E-state index is -0.765. The number of carboxylic acid groups (broad SMARTS) is 1. The lowest BCUT2D eigenvalue weighted by atomic mass is 10.1. The first kappa shape index (κ1) is 24.1. The Morgan fingerprint density at radius 3 is 1.62 bits per heavy atom. The second kappa shape index (κ2) is 17.9. The van der Waals surface area contributed by atoms with Crippen LogP contribution in [0.25, 0.3) is 0 Å². The molecule has 2 atom stereocenters. The fourth-order valence-electron chi connectivity index (χ4n) is 2.09. The summed E-state index contributed by atoms with van der Waals surface area (Å²) in [7, 11) is 0. The molecule has 0 radical (unpaired) electrons. The van der Waals surface area contributed by atoms with Gasteiger partial charge in [-0.15, -0.1) is 0 Å². The van der Waals surface area contributed by atoms with Gasteiger partial charge in [0.25, 0.3) is 0 Å². The first-order valence-electron chi connectivity index (χ1n) is 9.40. The van der Waals surface area contributed by atoms with Gasteiger partial charge in [0.15, 0.2) is 0 Å². The Morgan fingerprint density at radius 1 is 0.731 bits per heavy atom. The highest BCUT2D eigenvalue weighted by Gasteiger charge is 2.12. The topological polar surface area (TPSA) is 77.8 Å². The van der Waals surface area contributed by atoms with Crippen molar-refractivity contribution in [2.45, 2.75) is 70.5 Å². The highest BCUT2D eigenvalue weighted by Crippen LogP contribution is 2.06. The van der Waals surface area contributed by atoms with Crippen molar-refractivity contribution < 1.29 is 20.1 Å². The predicted molar refractivity (Wildman–Crippen MR) is 108 cm³/mol. The normalized spacial score (nSPS) is 15.2. The summed E-state index contributed by atoms with van der Waals surface area (Å²) in [6.45, 7) is 2.04. The van der Waals surface area contributed by atoms with Crippen LogP contribution in [0.1, 0.15) is 58.3 Å². The zero-order chi connectivity index (χ0) is 19.5. The van der Waals surface area contributed by atoms with Crippen LogP contribution in [0, 0.1) is 0 Å². The molecule has 0 bridgehead atoms. The number of rotatable bonds is 15. The molecule has 0 heterocycles. The molecule has 0 aliphatic rings. The van der Waals surface area contributed by atoms with Gasteiger partial charge >= 0.3 is 5.97 Å². The summed E-state index contributed by atoms with van der Waals surface area (Å²) in [6, 6.07) is 0. The van der Waals surface area contributed by atoms with Crippen molar-refractivity contribution in [2.75, 3.05) is 0 Å². The van der Waals surface area contributed by atoms with Gasteiger partial charge in [-0.2, -0.15) is 0 Å². The molecule has 0 saturated heterocycles. The van der Waals surface area contributed by atoms with E-state index < -0.39 is 18.2 Å². The van der Waals surface area contributed by atoms with Gasteiger partial charge < -0.3 is 15.3 Å². The van der Waals surface area contributed by atoms with E-state index in [9.17, 15) is 15.0 Å². The number of aliphatic carboxylic acids is 1. The molecule has 3 N–H and O–H groups in total. The van der Waals surface area contributed by atoms with Crippen molar-refractivity contribution >= 4 is 5.97 Å². The second-order valence-corrected chi connectivity index (χ2v) is 6.01. The lowest BCUT2D eigenvalue weighted by Gasteiger charge is -2.14. The van der Waals surface area contributed by atoms with Crippen LogP contribution in [0.4, 0.5) is 0 Å². The average Bonchev–Trinajstić information content (AvgIpc) is 2.61. The van der Waals surface area contributed by atoms with Gasteiger partial charge in [-0.05, 0) is 44.9 Å². The highest BCUT2D eigenvalue weighted by atomic mass is 16.4. The van der Waals surface area contributed by atoms with Crippen molar-refractivity contribution in [3.63, 3.8) is 0 Å². The Balaban J connectivity index is 3.70. The predicted octanol–water partition coefficient (Wildman–Crippen LogP) is 4.71. The maximum absolute atomic E-state index is 10.3. The van der Waals surface area contributed by atoms with Crippen molar-refractivity contribution in [1.82, 2.24) is 0 Å².